The van der Waals surface area contributed by atoms with Gasteiger partial charge in [-0.15, -0.1) is 0 Å². The van der Waals surface area contributed by atoms with Crippen molar-refractivity contribution in [3.63, 3.8) is 0 Å². The van der Waals surface area contributed by atoms with Crippen molar-refractivity contribution in [3.8, 4) is 0 Å². The molecule has 1 aliphatic rings. The lowest BCUT2D eigenvalue weighted by atomic mass is 10.1. The van der Waals surface area contributed by atoms with Crippen molar-refractivity contribution >= 4 is 0 Å². The average Bonchev–Trinajstić information content (AvgIpc) is 1.87. The topological polar surface area (TPSA) is 9.23 Å². The number of rotatable bonds is 0. The minimum absolute atomic E-state index is 0.523. The van der Waals surface area contributed by atoms with Gasteiger partial charge in [-0.3, -0.25) is 0 Å². The van der Waals surface area contributed by atoms with Crippen LogP contribution in [0.25, 0.3) is 0 Å². The Morgan fingerprint density at radius 3 is 2.29 bits per heavy atom. The third-order valence-electron chi connectivity index (χ3n) is 1.40. The molecule has 0 saturated carbocycles. The molecule has 0 aliphatic carbocycles. The molecule has 0 spiro atoms. The van der Waals surface area contributed by atoms with E-state index in [1.807, 2.05) is 0 Å². The van der Waals surface area contributed by atoms with Gasteiger partial charge in [0.2, 0.25) is 0 Å². The van der Waals surface area contributed by atoms with Gasteiger partial charge in [-0.25, -0.2) is 0 Å². The van der Waals surface area contributed by atoms with Crippen LogP contribution in [-0.2, 0) is 4.74 Å². The van der Waals surface area contributed by atoms with Gasteiger partial charge >= 0.3 is 0 Å². The summed E-state index contributed by atoms with van der Waals surface area (Å²) in [7, 11) is 0. The standard InChI is InChI=1S/C6H12O/c1-5-3-6(2)7-4-5/h5-6H,3-4H2,1-2H3/t5-,6-/m1/s1. The van der Waals surface area contributed by atoms with Crippen molar-refractivity contribution in [2.24, 2.45) is 5.92 Å². The van der Waals surface area contributed by atoms with E-state index in [1.54, 1.807) is 0 Å². The fraction of sp³-hybridized carbons (Fsp3) is 1.00. The molecule has 0 radical (unpaired) electrons. The molecule has 0 aromatic rings. The molecule has 0 aromatic heterocycles. The van der Waals surface area contributed by atoms with E-state index in [0.29, 0.717) is 6.10 Å². The van der Waals surface area contributed by atoms with E-state index in [-0.39, 0.29) is 0 Å². The Morgan fingerprint density at radius 1 is 1.43 bits per heavy atom. The minimum Gasteiger partial charge on any atom is -0.378 e. The highest BCUT2D eigenvalue weighted by atomic mass is 16.5. The van der Waals surface area contributed by atoms with Crippen LogP contribution in [0.2, 0.25) is 0 Å². The highest BCUT2D eigenvalue weighted by Gasteiger charge is 2.16. The van der Waals surface area contributed by atoms with Gasteiger partial charge in [0.05, 0.1) is 6.10 Å². The van der Waals surface area contributed by atoms with Crippen LogP contribution < -0.4 is 0 Å². The SMILES string of the molecule is C[C@H]1CO[C@H](C)C1. The molecular formula is C6H12O. The van der Waals surface area contributed by atoms with Gasteiger partial charge in [-0.2, -0.15) is 0 Å². The second kappa shape index (κ2) is 1.83. The summed E-state index contributed by atoms with van der Waals surface area (Å²) in [6.07, 6.45) is 1.77. The molecule has 1 fully saturated rings. The van der Waals surface area contributed by atoms with Crippen LogP contribution in [0.1, 0.15) is 20.3 Å². The average molecular weight is 100 g/mol. The van der Waals surface area contributed by atoms with Gasteiger partial charge < -0.3 is 4.74 Å². The molecule has 2 atom stereocenters. The maximum atomic E-state index is 5.27. The molecule has 1 aliphatic heterocycles. The van der Waals surface area contributed by atoms with E-state index in [2.05, 4.69) is 13.8 Å². The number of hydrogen-bond acceptors (Lipinski definition) is 1. The lowest BCUT2D eigenvalue weighted by molar-refractivity contribution is 0.121. The molecule has 1 nitrogen and oxygen atoms in total. The van der Waals surface area contributed by atoms with Crippen molar-refractivity contribution < 1.29 is 4.74 Å². The van der Waals surface area contributed by atoms with E-state index < -0.39 is 0 Å². The largest absolute Gasteiger partial charge is 0.378 e. The van der Waals surface area contributed by atoms with Crippen LogP contribution >= 0.6 is 0 Å². The summed E-state index contributed by atoms with van der Waals surface area (Å²) >= 11 is 0. The fourth-order valence-corrected chi connectivity index (χ4v) is 1.03. The first-order chi connectivity index (χ1) is 3.29. The fourth-order valence-electron chi connectivity index (χ4n) is 1.03. The summed E-state index contributed by atoms with van der Waals surface area (Å²) in [6.45, 7) is 5.33. The Labute approximate surface area is 44.7 Å². The molecule has 0 bridgehead atoms. The van der Waals surface area contributed by atoms with Gasteiger partial charge in [0.1, 0.15) is 0 Å². The molecule has 7 heavy (non-hydrogen) atoms. The maximum absolute atomic E-state index is 5.27. The van der Waals surface area contributed by atoms with Gasteiger partial charge in [0.25, 0.3) is 0 Å². The summed E-state index contributed by atoms with van der Waals surface area (Å²) in [6, 6.07) is 0. The zero-order chi connectivity index (χ0) is 5.28. The molecule has 0 unspecified atom stereocenters. The highest BCUT2D eigenvalue weighted by Crippen LogP contribution is 2.16. The van der Waals surface area contributed by atoms with Crippen molar-refractivity contribution in [2.45, 2.75) is 26.4 Å². The normalized spacial score (nSPS) is 42.0. The Kier molecular flexibility index (Phi) is 1.33. The van der Waals surface area contributed by atoms with Crippen LogP contribution in [0.5, 0.6) is 0 Å². The van der Waals surface area contributed by atoms with Crippen LogP contribution in [0.4, 0.5) is 0 Å². The first-order valence-corrected chi connectivity index (χ1v) is 2.90. The zero-order valence-corrected chi connectivity index (χ0v) is 4.98. The first-order valence-electron chi connectivity index (χ1n) is 2.90. The highest BCUT2D eigenvalue weighted by molar-refractivity contribution is 4.64. The Hall–Kier alpha value is -0.0400. The molecular weight excluding hydrogens is 88.1 g/mol. The monoisotopic (exact) mass is 100 g/mol. The van der Waals surface area contributed by atoms with Gasteiger partial charge in [-0.05, 0) is 19.3 Å². The summed E-state index contributed by atoms with van der Waals surface area (Å²) in [4.78, 5) is 0. The van der Waals surface area contributed by atoms with Crippen molar-refractivity contribution in [1.82, 2.24) is 0 Å². The van der Waals surface area contributed by atoms with E-state index in [1.165, 1.54) is 6.42 Å². The third kappa shape index (κ3) is 1.16. The molecule has 0 amide bonds. The number of hydrogen-bond donors (Lipinski definition) is 0. The molecule has 42 valence electrons. The van der Waals surface area contributed by atoms with E-state index in [4.69, 9.17) is 4.74 Å². The zero-order valence-electron chi connectivity index (χ0n) is 4.98. The van der Waals surface area contributed by atoms with Crippen molar-refractivity contribution in [2.75, 3.05) is 6.61 Å². The lowest BCUT2D eigenvalue weighted by Crippen LogP contribution is -1.94. The minimum atomic E-state index is 0.523. The summed E-state index contributed by atoms with van der Waals surface area (Å²) in [5.74, 6) is 0.801. The predicted molar refractivity (Wildman–Crippen MR) is 29.2 cm³/mol. The van der Waals surface area contributed by atoms with E-state index in [0.717, 1.165) is 12.5 Å². The molecule has 0 aromatic carbocycles. The predicted octanol–water partition coefficient (Wildman–Crippen LogP) is 1.43. The van der Waals surface area contributed by atoms with Crippen molar-refractivity contribution in [3.05, 3.63) is 0 Å². The molecule has 0 N–H and O–H groups in total. The van der Waals surface area contributed by atoms with Crippen LogP contribution in [0.3, 0.4) is 0 Å². The summed E-state index contributed by atoms with van der Waals surface area (Å²) in [5, 5.41) is 0. The molecule has 1 heteroatoms. The Morgan fingerprint density at radius 2 is 2.14 bits per heavy atom. The van der Waals surface area contributed by atoms with Crippen LogP contribution in [0.15, 0.2) is 0 Å². The quantitative estimate of drug-likeness (QED) is 0.447. The second-order valence-electron chi connectivity index (χ2n) is 2.48. The van der Waals surface area contributed by atoms with Gasteiger partial charge in [0, 0.05) is 6.61 Å². The van der Waals surface area contributed by atoms with Crippen LogP contribution in [0, 0.1) is 5.92 Å². The third-order valence-corrected chi connectivity index (χ3v) is 1.40. The van der Waals surface area contributed by atoms with Gasteiger partial charge in [0.15, 0.2) is 0 Å². The first kappa shape index (κ1) is 5.10. The Balaban J connectivity index is 2.26. The summed E-state index contributed by atoms with van der Waals surface area (Å²) < 4.78 is 5.27. The van der Waals surface area contributed by atoms with Gasteiger partial charge in [-0.1, -0.05) is 6.92 Å². The molecule has 1 rings (SSSR count). The maximum Gasteiger partial charge on any atom is 0.0550 e. The molecule has 1 saturated heterocycles. The number of ether oxygens (including phenoxy) is 1. The second-order valence-corrected chi connectivity index (χ2v) is 2.48. The lowest BCUT2D eigenvalue weighted by Gasteiger charge is -1.94. The molecule has 1 heterocycles. The van der Waals surface area contributed by atoms with Crippen LogP contribution in [-0.4, -0.2) is 12.7 Å². The summed E-state index contributed by atoms with van der Waals surface area (Å²) in [5.41, 5.74) is 0. The van der Waals surface area contributed by atoms with E-state index >= 15 is 0 Å². The smallest absolute Gasteiger partial charge is 0.0550 e. The van der Waals surface area contributed by atoms with Crippen molar-refractivity contribution in [1.29, 1.82) is 0 Å². The Bertz CT molecular complexity index is 53.2. The van der Waals surface area contributed by atoms with E-state index in [9.17, 15) is 0 Å².